The summed E-state index contributed by atoms with van der Waals surface area (Å²) >= 11 is 1.87. The number of hydrogen-bond acceptors (Lipinski definition) is 1. The van der Waals surface area contributed by atoms with Crippen LogP contribution >= 0.6 is 11.3 Å². The molecule has 0 aliphatic heterocycles. The van der Waals surface area contributed by atoms with Gasteiger partial charge in [0.2, 0.25) is 0 Å². The van der Waals surface area contributed by atoms with E-state index in [4.69, 9.17) is 0 Å². The van der Waals surface area contributed by atoms with E-state index < -0.39 is 0 Å². The molecule has 1 heteroatoms. The van der Waals surface area contributed by atoms with Gasteiger partial charge in [0.1, 0.15) is 0 Å². The lowest BCUT2D eigenvalue weighted by Gasteiger charge is -2.14. The molecule has 0 nitrogen and oxygen atoms in total. The van der Waals surface area contributed by atoms with Gasteiger partial charge in [0.15, 0.2) is 0 Å². The molecule has 0 aliphatic carbocycles. The fourth-order valence-corrected chi connectivity index (χ4v) is 2.83. The molecule has 0 N–H and O–H groups in total. The van der Waals surface area contributed by atoms with Gasteiger partial charge in [-0.25, -0.2) is 0 Å². The van der Waals surface area contributed by atoms with Crippen molar-refractivity contribution in [3.8, 4) is 0 Å². The third-order valence-electron chi connectivity index (χ3n) is 3.08. The lowest BCUT2D eigenvalue weighted by Crippen LogP contribution is -1.98. The van der Waals surface area contributed by atoms with E-state index >= 15 is 0 Å². The lowest BCUT2D eigenvalue weighted by atomic mass is 9.92. The van der Waals surface area contributed by atoms with Crippen molar-refractivity contribution in [1.82, 2.24) is 0 Å². The Bertz CT molecular complexity index is 389. The molecule has 1 atom stereocenters. The van der Waals surface area contributed by atoms with Gasteiger partial charge in [-0.15, -0.1) is 11.3 Å². The molecule has 1 heterocycles. The van der Waals surface area contributed by atoms with Crippen molar-refractivity contribution < 1.29 is 0 Å². The Morgan fingerprint density at radius 3 is 2.50 bits per heavy atom. The molecule has 0 saturated carbocycles. The summed E-state index contributed by atoms with van der Waals surface area (Å²) in [6, 6.07) is 15.3. The molecule has 1 aromatic heterocycles. The number of hydrogen-bond donors (Lipinski definition) is 0. The summed E-state index contributed by atoms with van der Waals surface area (Å²) in [7, 11) is 0. The third-order valence-corrected chi connectivity index (χ3v) is 4.02. The predicted molar refractivity (Wildman–Crippen MR) is 72.1 cm³/mol. The van der Waals surface area contributed by atoms with Gasteiger partial charge in [0, 0.05) is 4.88 Å². The van der Waals surface area contributed by atoms with Crippen LogP contribution in [0.3, 0.4) is 0 Å². The predicted octanol–water partition coefficient (Wildman–Crippen LogP) is 4.87. The van der Waals surface area contributed by atoms with E-state index in [2.05, 4.69) is 54.8 Å². The van der Waals surface area contributed by atoms with E-state index in [1.54, 1.807) is 0 Å². The average Bonchev–Trinajstić information content (AvgIpc) is 2.84. The summed E-state index contributed by atoms with van der Waals surface area (Å²) in [5.41, 5.74) is 1.49. The number of thiophene rings is 1. The molecular weight excluding hydrogens is 212 g/mol. The largest absolute Gasteiger partial charge is 0.149 e. The second-order valence-corrected chi connectivity index (χ2v) is 5.17. The molecule has 0 aliphatic rings. The first-order valence-corrected chi connectivity index (χ1v) is 6.85. The maximum Gasteiger partial charge on any atom is 0.00454 e. The Hall–Kier alpha value is -1.08. The van der Waals surface area contributed by atoms with Gasteiger partial charge >= 0.3 is 0 Å². The summed E-state index contributed by atoms with van der Waals surface area (Å²) < 4.78 is 0. The van der Waals surface area contributed by atoms with Gasteiger partial charge in [0.05, 0.1) is 0 Å². The number of aryl methyl sites for hydroxylation is 1. The van der Waals surface area contributed by atoms with E-state index in [1.807, 2.05) is 11.3 Å². The standard InChI is InChI=1S/C15H18S/c1-2-13(14-7-4-3-5-8-14)10-11-15-9-6-12-16-15/h3-9,12-13H,2,10-11H2,1H3. The van der Waals surface area contributed by atoms with E-state index in [1.165, 1.54) is 29.7 Å². The third kappa shape index (κ3) is 2.96. The van der Waals surface area contributed by atoms with Crippen molar-refractivity contribution >= 4 is 11.3 Å². The van der Waals surface area contributed by atoms with Crippen LogP contribution in [0.5, 0.6) is 0 Å². The van der Waals surface area contributed by atoms with Crippen molar-refractivity contribution in [2.24, 2.45) is 0 Å². The Labute approximate surface area is 102 Å². The van der Waals surface area contributed by atoms with Crippen LogP contribution in [0.4, 0.5) is 0 Å². The van der Waals surface area contributed by atoms with Gasteiger partial charge in [0.25, 0.3) is 0 Å². The highest BCUT2D eigenvalue weighted by Crippen LogP contribution is 2.25. The molecule has 16 heavy (non-hydrogen) atoms. The second kappa shape index (κ2) is 5.86. The molecule has 2 aromatic rings. The second-order valence-electron chi connectivity index (χ2n) is 4.13. The lowest BCUT2D eigenvalue weighted by molar-refractivity contribution is 0.609. The fourth-order valence-electron chi connectivity index (χ4n) is 2.10. The smallest absolute Gasteiger partial charge is 0.00454 e. The molecule has 0 amide bonds. The van der Waals surface area contributed by atoms with Crippen LogP contribution in [0.1, 0.15) is 36.1 Å². The molecule has 0 radical (unpaired) electrons. The summed E-state index contributed by atoms with van der Waals surface area (Å²) in [5.74, 6) is 0.711. The minimum absolute atomic E-state index is 0.711. The van der Waals surface area contributed by atoms with Crippen LogP contribution in [0.25, 0.3) is 0 Å². The maximum absolute atomic E-state index is 2.28. The van der Waals surface area contributed by atoms with Crippen LogP contribution in [-0.4, -0.2) is 0 Å². The van der Waals surface area contributed by atoms with Crippen LogP contribution < -0.4 is 0 Å². The Morgan fingerprint density at radius 1 is 1.06 bits per heavy atom. The van der Waals surface area contributed by atoms with Gasteiger partial charge in [-0.05, 0) is 42.2 Å². The molecule has 1 unspecified atom stereocenters. The molecule has 1 aromatic carbocycles. The summed E-state index contributed by atoms with van der Waals surface area (Å²) in [6.07, 6.45) is 3.71. The maximum atomic E-state index is 2.28. The molecule has 2 rings (SSSR count). The van der Waals surface area contributed by atoms with E-state index in [0.717, 1.165) is 0 Å². The van der Waals surface area contributed by atoms with E-state index in [0.29, 0.717) is 5.92 Å². The van der Waals surface area contributed by atoms with Crippen molar-refractivity contribution in [2.75, 3.05) is 0 Å². The monoisotopic (exact) mass is 230 g/mol. The molecule has 0 spiro atoms. The molecule has 0 bridgehead atoms. The van der Waals surface area contributed by atoms with Gasteiger partial charge < -0.3 is 0 Å². The van der Waals surface area contributed by atoms with Crippen LogP contribution in [0.2, 0.25) is 0 Å². The van der Waals surface area contributed by atoms with Crippen LogP contribution in [-0.2, 0) is 6.42 Å². The highest BCUT2D eigenvalue weighted by atomic mass is 32.1. The Kier molecular flexibility index (Phi) is 4.17. The van der Waals surface area contributed by atoms with Crippen molar-refractivity contribution in [3.63, 3.8) is 0 Å². The summed E-state index contributed by atoms with van der Waals surface area (Å²) in [4.78, 5) is 1.51. The fraction of sp³-hybridized carbons (Fsp3) is 0.333. The number of benzene rings is 1. The zero-order valence-corrected chi connectivity index (χ0v) is 10.5. The highest BCUT2D eigenvalue weighted by molar-refractivity contribution is 7.09. The normalized spacial score (nSPS) is 12.6. The molecule has 0 saturated heterocycles. The number of rotatable bonds is 5. The van der Waals surface area contributed by atoms with Crippen molar-refractivity contribution in [1.29, 1.82) is 0 Å². The molecular formula is C15H18S. The van der Waals surface area contributed by atoms with E-state index in [-0.39, 0.29) is 0 Å². The summed E-state index contributed by atoms with van der Waals surface area (Å²) in [5, 5.41) is 2.17. The zero-order valence-electron chi connectivity index (χ0n) is 9.73. The van der Waals surface area contributed by atoms with Crippen molar-refractivity contribution in [2.45, 2.75) is 32.1 Å². The average molecular weight is 230 g/mol. The van der Waals surface area contributed by atoms with Crippen LogP contribution in [0, 0.1) is 0 Å². The summed E-state index contributed by atoms with van der Waals surface area (Å²) in [6.45, 7) is 2.28. The Morgan fingerprint density at radius 2 is 1.88 bits per heavy atom. The quantitative estimate of drug-likeness (QED) is 0.687. The first kappa shape index (κ1) is 11.4. The zero-order chi connectivity index (χ0) is 11.2. The first-order valence-electron chi connectivity index (χ1n) is 5.97. The van der Waals surface area contributed by atoms with E-state index in [9.17, 15) is 0 Å². The van der Waals surface area contributed by atoms with Crippen LogP contribution in [0.15, 0.2) is 47.8 Å². The minimum atomic E-state index is 0.711. The van der Waals surface area contributed by atoms with Gasteiger partial charge in [-0.2, -0.15) is 0 Å². The topological polar surface area (TPSA) is 0 Å². The Balaban J connectivity index is 1.96. The van der Waals surface area contributed by atoms with Gasteiger partial charge in [-0.3, -0.25) is 0 Å². The highest BCUT2D eigenvalue weighted by Gasteiger charge is 2.08. The van der Waals surface area contributed by atoms with Crippen molar-refractivity contribution in [3.05, 3.63) is 58.3 Å². The molecule has 0 fully saturated rings. The minimum Gasteiger partial charge on any atom is -0.149 e. The van der Waals surface area contributed by atoms with Gasteiger partial charge in [-0.1, -0.05) is 43.3 Å². The molecule has 84 valence electrons. The first-order chi connectivity index (χ1) is 7.90. The SMILES string of the molecule is CCC(CCc1cccs1)c1ccccc1.